The zero-order valence-electron chi connectivity index (χ0n) is 33.5. The number of ether oxygens (including phenoxy) is 10. The molecule has 0 amide bonds. The highest BCUT2D eigenvalue weighted by molar-refractivity contribution is 5.17. The predicted molar refractivity (Wildman–Crippen MR) is 220 cm³/mol. The molecular formula is C49H54O10. The van der Waals surface area contributed by atoms with Gasteiger partial charge in [0, 0.05) is 20.0 Å². The minimum absolute atomic E-state index is 0.0887. The Morgan fingerprint density at radius 2 is 0.949 bits per heavy atom. The van der Waals surface area contributed by atoms with Crippen LogP contribution in [-0.2, 0) is 80.4 Å². The molecular weight excluding hydrogens is 749 g/mol. The first-order chi connectivity index (χ1) is 29.2. The van der Waals surface area contributed by atoms with E-state index in [2.05, 4.69) is 0 Å². The lowest BCUT2D eigenvalue weighted by molar-refractivity contribution is -0.392. The van der Waals surface area contributed by atoms with E-state index in [-0.39, 0.29) is 6.61 Å². The number of benzene rings is 5. The van der Waals surface area contributed by atoms with Gasteiger partial charge in [0.2, 0.25) is 5.79 Å². The Bertz CT molecular complexity index is 1940. The number of hydrogen-bond donors (Lipinski definition) is 0. The van der Waals surface area contributed by atoms with Crippen LogP contribution in [0.1, 0.15) is 40.7 Å². The normalized spacial score (nSPS) is 27.7. The van der Waals surface area contributed by atoms with Crippen LogP contribution in [0.15, 0.2) is 152 Å². The molecule has 0 N–H and O–H groups in total. The van der Waals surface area contributed by atoms with Crippen molar-refractivity contribution in [2.24, 2.45) is 0 Å². The van der Waals surface area contributed by atoms with Crippen LogP contribution in [0.2, 0.25) is 0 Å². The summed E-state index contributed by atoms with van der Waals surface area (Å²) in [6.45, 7) is 2.15. The van der Waals surface area contributed by atoms with Gasteiger partial charge in [-0.1, -0.05) is 152 Å². The van der Waals surface area contributed by atoms with Crippen molar-refractivity contribution in [3.8, 4) is 0 Å². The topological polar surface area (TPSA) is 92.3 Å². The molecule has 5 aromatic rings. The van der Waals surface area contributed by atoms with Gasteiger partial charge in [-0.15, -0.1) is 0 Å². The zero-order valence-corrected chi connectivity index (χ0v) is 33.5. The summed E-state index contributed by atoms with van der Waals surface area (Å²) in [6.07, 6.45) is -3.67. The molecule has 3 aliphatic heterocycles. The second-order valence-corrected chi connectivity index (χ2v) is 15.2. The predicted octanol–water partition coefficient (Wildman–Crippen LogP) is 8.16. The fourth-order valence-electron chi connectivity index (χ4n) is 7.98. The summed E-state index contributed by atoms with van der Waals surface area (Å²) in [5, 5.41) is 0. The second kappa shape index (κ2) is 20.8. The highest BCUT2D eigenvalue weighted by Crippen LogP contribution is 2.44. The standard InChI is InChI=1S/C49H54O10/c1-50-48-46(54-32-39-23-13-5-14-24-39)45(53-31-38-21-11-4-12-22-38)44(52-30-37-19-9-3-10-20-37)41(58-48)35-56-49-28-27-43(59-49)57-42(34-51-29-36-17-7-2-8-18-36)47(49)55-33-40-25-15-6-16-26-40/h2-26,41-48H,27-35H2,1H3/t41-,42-,43?,44-,45+,46-,47-,48+,49-/m1/s1. The van der Waals surface area contributed by atoms with Gasteiger partial charge in [-0.25, -0.2) is 0 Å². The van der Waals surface area contributed by atoms with Crippen molar-refractivity contribution in [2.75, 3.05) is 20.3 Å². The lowest BCUT2D eigenvalue weighted by atomic mass is 9.97. The molecule has 9 atom stereocenters. The maximum Gasteiger partial charge on any atom is 0.200 e. The lowest BCUT2D eigenvalue weighted by Gasteiger charge is -2.48. The Labute approximate surface area is 347 Å². The molecule has 3 aliphatic rings. The summed E-state index contributed by atoms with van der Waals surface area (Å²) >= 11 is 0. The van der Waals surface area contributed by atoms with Crippen LogP contribution < -0.4 is 0 Å². The molecule has 0 radical (unpaired) electrons. The Morgan fingerprint density at radius 3 is 1.46 bits per heavy atom. The monoisotopic (exact) mass is 802 g/mol. The number of hydrogen-bond acceptors (Lipinski definition) is 10. The van der Waals surface area contributed by atoms with Gasteiger partial charge in [0.1, 0.15) is 36.6 Å². The van der Waals surface area contributed by atoms with E-state index in [1.165, 1.54) is 0 Å². The van der Waals surface area contributed by atoms with Gasteiger partial charge >= 0.3 is 0 Å². The van der Waals surface area contributed by atoms with Crippen molar-refractivity contribution in [2.45, 2.75) is 101 Å². The van der Waals surface area contributed by atoms with E-state index in [1.54, 1.807) is 7.11 Å². The largest absolute Gasteiger partial charge is 0.374 e. The smallest absolute Gasteiger partial charge is 0.200 e. The average Bonchev–Trinajstić information content (AvgIpc) is 3.64. The molecule has 3 fully saturated rings. The van der Waals surface area contributed by atoms with Gasteiger partial charge in [0.15, 0.2) is 12.6 Å². The molecule has 310 valence electrons. The first kappa shape index (κ1) is 41.4. The van der Waals surface area contributed by atoms with Gasteiger partial charge < -0.3 is 47.4 Å². The highest BCUT2D eigenvalue weighted by atomic mass is 16.8. The van der Waals surface area contributed by atoms with E-state index in [0.29, 0.717) is 52.5 Å². The van der Waals surface area contributed by atoms with Crippen LogP contribution in [0, 0.1) is 0 Å². The van der Waals surface area contributed by atoms with Gasteiger partial charge in [-0.3, -0.25) is 0 Å². The maximum atomic E-state index is 7.01. The molecule has 59 heavy (non-hydrogen) atoms. The van der Waals surface area contributed by atoms with Crippen molar-refractivity contribution >= 4 is 0 Å². The van der Waals surface area contributed by atoms with E-state index >= 15 is 0 Å². The Morgan fingerprint density at radius 1 is 0.492 bits per heavy atom. The minimum Gasteiger partial charge on any atom is -0.374 e. The minimum atomic E-state index is -1.14. The molecule has 0 aliphatic carbocycles. The fourth-order valence-corrected chi connectivity index (χ4v) is 7.98. The molecule has 0 saturated carbocycles. The molecule has 0 spiro atoms. The Balaban J connectivity index is 1.06. The molecule has 5 aromatic carbocycles. The van der Waals surface area contributed by atoms with E-state index in [0.717, 1.165) is 27.8 Å². The van der Waals surface area contributed by atoms with Crippen molar-refractivity contribution in [1.82, 2.24) is 0 Å². The molecule has 10 nitrogen and oxygen atoms in total. The maximum absolute atomic E-state index is 7.01. The third-order valence-corrected chi connectivity index (χ3v) is 11.0. The van der Waals surface area contributed by atoms with E-state index in [4.69, 9.17) is 47.4 Å². The van der Waals surface area contributed by atoms with E-state index < -0.39 is 55.0 Å². The van der Waals surface area contributed by atoms with Crippen molar-refractivity contribution in [1.29, 1.82) is 0 Å². The molecule has 3 saturated heterocycles. The van der Waals surface area contributed by atoms with Gasteiger partial charge in [0.05, 0.1) is 46.2 Å². The first-order valence-corrected chi connectivity index (χ1v) is 20.5. The summed E-state index contributed by atoms with van der Waals surface area (Å²) in [5.41, 5.74) is 5.16. The summed E-state index contributed by atoms with van der Waals surface area (Å²) in [4.78, 5) is 0. The lowest BCUT2D eigenvalue weighted by Crippen LogP contribution is -2.63. The van der Waals surface area contributed by atoms with Crippen molar-refractivity contribution < 1.29 is 47.4 Å². The fraction of sp³-hybridized carbons (Fsp3) is 0.388. The van der Waals surface area contributed by atoms with Gasteiger partial charge in [0.25, 0.3) is 0 Å². The van der Waals surface area contributed by atoms with E-state index in [9.17, 15) is 0 Å². The number of methoxy groups -OCH3 is 1. The number of fused-ring (bicyclic) bond motifs is 2. The van der Waals surface area contributed by atoms with Crippen LogP contribution in [0.5, 0.6) is 0 Å². The Kier molecular flexibility index (Phi) is 14.6. The van der Waals surface area contributed by atoms with Crippen LogP contribution in [0.4, 0.5) is 0 Å². The SMILES string of the molecule is CO[C@H]1O[C@H](CO[C@@]23CCC(O[C@H](COCc4ccccc4)[C@H]2OCc2ccccc2)O3)[C@@H](OCc2ccccc2)[C@H](OCc2ccccc2)[C@H]1OCc1ccccc1. The molecule has 3 heterocycles. The summed E-state index contributed by atoms with van der Waals surface area (Å²) in [7, 11) is 1.62. The zero-order chi connectivity index (χ0) is 40.1. The van der Waals surface area contributed by atoms with Crippen LogP contribution in [-0.4, -0.2) is 75.3 Å². The van der Waals surface area contributed by atoms with Crippen LogP contribution in [0.25, 0.3) is 0 Å². The molecule has 8 rings (SSSR count). The van der Waals surface area contributed by atoms with Crippen LogP contribution >= 0.6 is 0 Å². The second-order valence-electron chi connectivity index (χ2n) is 15.2. The van der Waals surface area contributed by atoms with E-state index in [1.807, 2.05) is 152 Å². The molecule has 10 heteroatoms. The average molecular weight is 803 g/mol. The number of rotatable bonds is 20. The van der Waals surface area contributed by atoms with Gasteiger partial charge in [-0.05, 0) is 27.8 Å². The summed E-state index contributed by atoms with van der Waals surface area (Å²) < 4.78 is 66.3. The quantitative estimate of drug-likeness (QED) is 0.0768. The van der Waals surface area contributed by atoms with Crippen molar-refractivity contribution in [3.05, 3.63) is 179 Å². The molecule has 1 unspecified atom stereocenters. The highest BCUT2D eigenvalue weighted by Gasteiger charge is 2.58. The summed E-state index contributed by atoms with van der Waals surface area (Å²) in [6, 6.07) is 50.4. The third-order valence-electron chi connectivity index (χ3n) is 11.0. The molecule has 0 aromatic heterocycles. The first-order valence-electron chi connectivity index (χ1n) is 20.5. The van der Waals surface area contributed by atoms with Gasteiger partial charge in [-0.2, -0.15) is 0 Å². The summed E-state index contributed by atoms with van der Waals surface area (Å²) in [5.74, 6) is -1.14. The van der Waals surface area contributed by atoms with Crippen molar-refractivity contribution in [3.63, 3.8) is 0 Å². The van der Waals surface area contributed by atoms with Crippen LogP contribution in [0.3, 0.4) is 0 Å². The third kappa shape index (κ3) is 10.9. The molecule has 2 bridgehead atoms. The Hall–Kier alpha value is -4.30.